The number of hydrogen-bond donors (Lipinski definition) is 2. The molecule has 3 aromatic carbocycles. The van der Waals surface area contributed by atoms with E-state index in [-0.39, 0.29) is 18.4 Å². The Labute approximate surface area is 203 Å². The van der Waals surface area contributed by atoms with Crippen LogP contribution in [0.1, 0.15) is 34.8 Å². The fourth-order valence-corrected chi connectivity index (χ4v) is 3.31. The second kappa shape index (κ2) is 12.4. The first kappa shape index (κ1) is 24.8. The van der Waals surface area contributed by atoms with Crippen molar-refractivity contribution >= 4 is 35.3 Å². The van der Waals surface area contributed by atoms with Crippen molar-refractivity contribution in [2.24, 2.45) is 0 Å². The van der Waals surface area contributed by atoms with Gasteiger partial charge in [0.1, 0.15) is 5.75 Å². The molecule has 3 aromatic rings. The summed E-state index contributed by atoms with van der Waals surface area (Å²) in [5.74, 6) is -0.0736. The van der Waals surface area contributed by atoms with Gasteiger partial charge in [0.15, 0.2) is 0 Å². The highest BCUT2D eigenvalue weighted by Crippen LogP contribution is 2.17. The van der Waals surface area contributed by atoms with E-state index in [2.05, 4.69) is 10.6 Å². The van der Waals surface area contributed by atoms with Gasteiger partial charge in [0.05, 0.1) is 6.61 Å². The highest BCUT2D eigenvalue weighted by atomic mass is 35.5. The van der Waals surface area contributed by atoms with Gasteiger partial charge in [0.2, 0.25) is 5.91 Å². The van der Waals surface area contributed by atoms with Crippen molar-refractivity contribution in [1.29, 1.82) is 0 Å². The summed E-state index contributed by atoms with van der Waals surface area (Å²) in [4.78, 5) is 35.9. The number of aryl methyl sites for hydroxylation is 1. The lowest BCUT2D eigenvalue weighted by atomic mass is 10.1. The molecule has 0 saturated carbocycles. The number of carbonyl (C=O) groups is 3. The molecule has 0 aliphatic heterocycles. The van der Waals surface area contributed by atoms with Gasteiger partial charge >= 0.3 is 6.16 Å². The Hall–Kier alpha value is -3.84. The van der Waals surface area contributed by atoms with E-state index in [0.717, 1.165) is 11.1 Å². The molecule has 0 saturated heterocycles. The molecule has 7 nitrogen and oxygen atoms in total. The van der Waals surface area contributed by atoms with Gasteiger partial charge in [-0.3, -0.25) is 9.59 Å². The third-order valence-corrected chi connectivity index (χ3v) is 5.22. The molecule has 0 atom stereocenters. The van der Waals surface area contributed by atoms with Gasteiger partial charge in [-0.25, -0.2) is 4.79 Å². The molecule has 0 aromatic heterocycles. The Morgan fingerprint density at radius 2 is 1.62 bits per heavy atom. The van der Waals surface area contributed by atoms with Gasteiger partial charge in [-0.1, -0.05) is 41.9 Å². The predicted molar refractivity (Wildman–Crippen MR) is 130 cm³/mol. The highest BCUT2D eigenvalue weighted by molar-refractivity contribution is 6.31. The lowest BCUT2D eigenvalue weighted by Gasteiger charge is -2.09. The Balaban J connectivity index is 1.44. The minimum Gasteiger partial charge on any atom is -0.434 e. The first-order valence-corrected chi connectivity index (χ1v) is 11.2. The summed E-state index contributed by atoms with van der Waals surface area (Å²) in [6.45, 7) is 2.22. The maximum Gasteiger partial charge on any atom is 0.513 e. The van der Waals surface area contributed by atoms with Crippen molar-refractivity contribution in [3.63, 3.8) is 0 Å². The van der Waals surface area contributed by atoms with E-state index >= 15 is 0 Å². The number of benzene rings is 3. The number of halogens is 1. The summed E-state index contributed by atoms with van der Waals surface area (Å²) in [6, 6.07) is 20.9. The van der Waals surface area contributed by atoms with Crippen LogP contribution in [-0.2, 0) is 22.5 Å². The molecule has 0 unspecified atom stereocenters. The molecule has 0 bridgehead atoms. The van der Waals surface area contributed by atoms with E-state index in [1.54, 1.807) is 31.2 Å². The van der Waals surface area contributed by atoms with Gasteiger partial charge in [-0.2, -0.15) is 0 Å². The zero-order valence-corrected chi connectivity index (χ0v) is 19.4. The fourth-order valence-electron chi connectivity index (χ4n) is 3.08. The number of ether oxygens (including phenoxy) is 2. The topological polar surface area (TPSA) is 93.7 Å². The van der Waals surface area contributed by atoms with Crippen molar-refractivity contribution < 1.29 is 23.9 Å². The SMILES string of the molecule is CCOC(=O)Oc1ccc(C(=O)NCc2ccc(NC(=O)CCc3ccccc3Cl)cc2)cc1. The van der Waals surface area contributed by atoms with Gasteiger partial charge in [-0.15, -0.1) is 0 Å². The van der Waals surface area contributed by atoms with Crippen LogP contribution in [-0.4, -0.2) is 24.6 Å². The molecule has 0 aliphatic rings. The van der Waals surface area contributed by atoms with E-state index in [1.165, 1.54) is 12.1 Å². The van der Waals surface area contributed by atoms with Crippen molar-refractivity contribution in [2.45, 2.75) is 26.3 Å². The molecule has 0 heterocycles. The number of carbonyl (C=O) groups excluding carboxylic acids is 3. The Bertz CT molecular complexity index is 1130. The van der Waals surface area contributed by atoms with Crippen LogP contribution in [0.5, 0.6) is 5.75 Å². The normalized spacial score (nSPS) is 10.3. The summed E-state index contributed by atoms with van der Waals surface area (Å²) < 4.78 is 9.68. The zero-order valence-electron chi connectivity index (χ0n) is 18.7. The molecule has 34 heavy (non-hydrogen) atoms. The summed E-state index contributed by atoms with van der Waals surface area (Å²) in [5.41, 5.74) is 2.92. The molecular weight excluding hydrogens is 456 g/mol. The number of nitrogens with one attached hydrogen (secondary N) is 2. The summed E-state index contributed by atoms with van der Waals surface area (Å²) >= 11 is 6.13. The van der Waals surface area contributed by atoms with E-state index in [4.69, 9.17) is 21.1 Å². The summed E-state index contributed by atoms with van der Waals surface area (Å²) in [6.07, 6.45) is 0.0939. The minimum atomic E-state index is -0.792. The lowest BCUT2D eigenvalue weighted by Crippen LogP contribution is -2.22. The predicted octanol–water partition coefficient (Wildman–Crippen LogP) is 5.38. The van der Waals surface area contributed by atoms with Crippen LogP contribution in [0, 0.1) is 0 Å². The number of hydrogen-bond acceptors (Lipinski definition) is 5. The minimum absolute atomic E-state index is 0.101. The Kier molecular flexibility index (Phi) is 9.05. The third kappa shape index (κ3) is 7.64. The average molecular weight is 481 g/mol. The maximum atomic E-state index is 12.4. The molecule has 8 heteroatoms. The lowest BCUT2D eigenvalue weighted by molar-refractivity contribution is -0.116. The van der Waals surface area contributed by atoms with Gasteiger partial charge < -0.3 is 20.1 Å². The van der Waals surface area contributed by atoms with Crippen LogP contribution in [0.2, 0.25) is 5.02 Å². The van der Waals surface area contributed by atoms with Gasteiger partial charge in [0.25, 0.3) is 5.91 Å². The van der Waals surface area contributed by atoms with Crippen molar-refractivity contribution in [2.75, 3.05) is 11.9 Å². The van der Waals surface area contributed by atoms with E-state index < -0.39 is 6.16 Å². The second-order valence-corrected chi connectivity index (χ2v) is 7.74. The first-order chi connectivity index (χ1) is 16.4. The second-order valence-electron chi connectivity index (χ2n) is 7.33. The number of rotatable bonds is 9. The van der Waals surface area contributed by atoms with Crippen molar-refractivity contribution in [3.05, 3.63) is 94.5 Å². The summed E-state index contributed by atoms with van der Waals surface area (Å²) in [5, 5.41) is 6.35. The Morgan fingerprint density at radius 1 is 0.912 bits per heavy atom. The fraction of sp³-hybridized carbons (Fsp3) is 0.192. The molecule has 0 spiro atoms. The molecule has 176 valence electrons. The molecule has 2 N–H and O–H groups in total. The molecule has 0 radical (unpaired) electrons. The van der Waals surface area contributed by atoms with Crippen molar-refractivity contribution in [1.82, 2.24) is 5.32 Å². The van der Waals surface area contributed by atoms with E-state index in [9.17, 15) is 14.4 Å². The van der Waals surface area contributed by atoms with Crippen LogP contribution in [0.25, 0.3) is 0 Å². The van der Waals surface area contributed by atoms with E-state index in [1.807, 2.05) is 36.4 Å². The third-order valence-electron chi connectivity index (χ3n) is 4.85. The molecule has 0 aliphatic carbocycles. The number of amides is 2. The van der Waals surface area contributed by atoms with Crippen LogP contribution < -0.4 is 15.4 Å². The van der Waals surface area contributed by atoms with Crippen LogP contribution in [0.15, 0.2) is 72.8 Å². The highest BCUT2D eigenvalue weighted by Gasteiger charge is 2.09. The first-order valence-electron chi connectivity index (χ1n) is 10.8. The molecule has 2 amide bonds. The summed E-state index contributed by atoms with van der Waals surface area (Å²) in [7, 11) is 0. The largest absolute Gasteiger partial charge is 0.513 e. The Morgan fingerprint density at radius 3 is 2.29 bits per heavy atom. The quantitative estimate of drug-likeness (QED) is 0.317. The maximum absolute atomic E-state index is 12.4. The zero-order chi connectivity index (χ0) is 24.3. The molecule has 3 rings (SSSR count). The number of anilines is 1. The van der Waals surface area contributed by atoms with Crippen LogP contribution in [0.3, 0.4) is 0 Å². The monoisotopic (exact) mass is 480 g/mol. The molecular formula is C26H25ClN2O5. The smallest absolute Gasteiger partial charge is 0.434 e. The van der Waals surface area contributed by atoms with Gasteiger partial charge in [-0.05, 0) is 66.9 Å². The standard InChI is InChI=1S/C26H25ClN2O5/c1-2-33-26(32)34-22-14-9-20(10-15-22)25(31)28-17-18-7-12-21(13-8-18)29-24(30)16-11-19-5-3-4-6-23(19)27/h3-10,12-15H,2,11,16-17H2,1H3,(H,28,31)(H,29,30). The van der Waals surface area contributed by atoms with Crippen LogP contribution in [0.4, 0.5) is 10.5 Å². The average Bonchev–Trinajstić information content (AvgIpc) is 2.83. The molecule has 0 fully saturated rings. The van der Waals surface area contributed by atoms with Crippen molar-refractivity contribution in [3.8, 4) is 5.75 Å². The van der Waals surface area contributed by atoms with Gasteiger partial charge in [0, 0.05) is 29.2 Å². The van der Waals surface area contributed by atoms with Crippen LogP contribution >= 0.6 is 11.6 Å². The van der Waals surface area contributed by atoms with E-state index in [0.29, 0.717) is 41.4 Å².